The van der Waals surface area contributed by atoms with Gasteiger partial charge in [0.1, 0.15) is 0 Å². The third kappa shape index (κ3) is 3.63. The van der Waals surface area contributed by atoms with Crippen molar-refractivity contribution < 1.29 is 9.32 Å². The molecule has 1 aliphatic rings. The monoisotopic (exact) mass is 332 g/mol. The second-order valence-electron chi connectivity index (χ2n) is 6.45. The van der Waals surface area contributed by atoms with Gasteiger partial charge in [-0.15, -0.1) is 0 Å². The molecule has 2 atom stereocenters. The molecule has 1 aromatic heterocycles. The van der Waals surface area contributed by atoms with Crippen molar-refractivity contribution in [2.24, 2.45) is 5.92 Å². The van der Waals surface area contributed by atoms with Crippen LogP contribution in [0.5, 0.6) is 0 Å². The van der Waals surface area contributed by atoms with Gasteiger partial charge in [0.15, 0.2) is 5.76 Å². The Kier molecular flexibility index (Phi) is 4.34. The minimum atomic E-state index is 0.111. The van der Waals surface area contributed by atoms with Crippen LogP contribution in [0.4, 0.5) is 0 Å². The molecule has 4 rings (SSSR count). The number of carbonyl (C=O) groups is 1. The van der Waals surface area contributed by atoms with Crippen LogP contribution in [0, 0.1) is 5.92 Å². The van der Waals surface area contributed by atoms with Crippen molar-refractivity contribution in [2.75, 3.05) is 6.54 Å². The standard InChI is InChI=1S/C21H20N2O2/c24-21(19-14-18(19)15-7-3-1-4-8-15)22-12-11-17-13-20(25-23-17)16-9-5-2-6-10-16/h1-10,13,18-19H,11-12,14H2,(H,22,24). The minimum absolute atomic E-state index is 0.111. The van der Waals surface area contributed by atoms with Crippen molar-refractivity contribution in [3.8, 4) is 11.3 Å². The Morgan fingerprint density at radius 2 is 1.80 bits per heavy atom. The molecule has 3 aromatic rings. The van der Waals surface area contributed by atoms with E-state index in [2.05, 4.69) is 22.6 Å². The highest BCUT2D eigenvalue weighted by molar-refractivity contribution is 5.82. The number of carbonyl (C=O) groups excluding carboxylic acids is 1. The van der Waals surface area contributed by atoms with E-state index < -0.39 is 0 Å². The zero-order valence-electron chi connectivity index (χ0n) is 13.9. The van der Waals surface area contributed by atoms with Crippen molar-refractivity contribution in [1.82, 2.24) is 10.5 Å². The highest BCUT2D eigenvalue weighted by atomic mass is 16.5. The summed E-state index contributed by atoms with van der Waals surface area (Å²) in [5.41, 5.74) is 3.12. The Morgan fingerprint density at radius 1 is 1.08 bits per heavy atom. The van der Waals surface area contributed by atoms with Crippen LogP contribution in [0.25, 0.3) is 11.3 Å². The number of nitrogens with zero attached hydrogens (tertiary/aromatic N) is 1. The normalized spacial score (nSPS) is 18.7. The Bertz CT molecular complexity index is 843. The van der Waals surface area contributed by atoms with Gasteiger partial charge in [-0.25, -0.2) is 0 Å². The van der Waals surface area contributed by atoms with E-state index in [0.717, 1.165) is 23.4 Å². The largest absolute Gasteiger partial charge is 0.356 e. The SMILES string of the molecule is O=C(NCCc1cc(-c2ccccc2)on1)C1CC1c1ccccc1. The van der Waals surface area contributed by atoms with E-state index >= 15 is 0 Å². The summed E-state index contributed by atoms with van der Waals surface area (Å²) in [5, 5.41) is 7.11. The van der Waals surface area contributed by atoms with Gasteiger partial charge in [-0.2, -0.15) is 0 Å². The van der Waals surface area contributed by atoms with Gasteiger partial charge in [0.05, 0.1) is 5.69 Å². The fraction of sp³-hybridized carbons (Fsp3) is 0.238. The molecule has 1 aliphatic carbocycles. The molecule has 1 amide bonds. The summed E-state index contributed by atoms with van der Waals surface area (Å²) >= 11 is 0. The maximum atomic E-state index is 12.3. The quantitative estimate of drug-likeness (QED) is 0.747. The third-order valence-corrected chi connectivity index (χ3v) is 4.65. The lowest BCUT2D eigenvalue weighted by Gasteiger charge is -2.03. The fourth-order valence-electron chi connectivity index (χ4n) is 3.17. The van der Waals surface area contributed by atoms with Crippen LogP contribution in [0.2, 0.25) is 0 Å². The minimum Gasteiger partial charge on any atom is -0.356 e. The van der Waals surface area contributed by atoms with E-state index in [0.29, 0.717) is 18.9 Å². The first-order chi connectivity index (χ1) is 12.3. The molecule has 25 heavy (non-hydrogen) atoms. The molecule has 1 N–H and O–H groups in total. The van der Waals surface area contributed by atoms with E-state index in [9.17, 15) is 4.79 Å². The van der Waals surface area contributed by atoms with Crippen molar-refractivity contribution in [1.29, 1.82) is 0 Å². The summed E-state index contributed by atoms with van der Waals surface area (Å²) < 4.78 is 5.38. The number of rotatable bonds is 6. The molecular formula is C21H20N2O2. The average Bonchev–Trinajstić information content (AvgIpc) is 3.34. The number of aromatic nitrogens is 1. The Balaban J connectivity index is 1.26. The summed E-state index contributed by atoms with van der Waals surface area (Å²) in [6.45, 7) is 0.581. The molecule has 0 bridgehead atoms. The molecule has 2 unspecified atom stereocenters. The smallest absolute Gasteiger partial charge is 0.223 e. The van der Waals surface area contributed by atoms with Gasteiger partial charge in [-0.05, 0) is 17.9 Å². The van der Waals surface area contributed by atoms with Crippen molar-refractivity contribution in [3.63, 3.8) is 0 Å². The topological polar surface area (TPSA) is 55.1 Å². The van der Waals surface area contributed by atoms with Gasteiger partial charge < -0.3 is 9.84 Å². The molecule has 0 aliphatic heterocycles. The molecule has 0 spiro atoms. The summed E-state index contributed by atoms with van der Waals surface area (Å²) in [5.74, 6) is 1.38. The summed E-state index contributed by atoms with van der Waals surface area (Å²) in [4.78, 5) is 12.3. The van der Waals surface area contributed by atoms with Gasteiger partial charge in [0, 0.05) is 30.5 Å². The van der Waals surface area contributed by atoms with Crippen LogP contribution < -0.4 is 5.32 Å². The second-order valence-corrected chi connectivity index (χ2v) is 6.45. The van der Waals surface area contributed by atoms with Crippen molar-refractivity contribution in [2.45, 2.75) is 18.8 Å². The molecule has 4 heteroatoms. The predicted molar refractivity (Wildman–Crippen MR) is 95.9 cm³/mol. The Hall–Kier alpha value is -2.88. The molecule has 1 fully saturated rings. The van der Waals surface area contributed by atoms with Crippen LogP contribution in [0.1, 0.15) is 23.6 Å². The van der Waals surface area contributed by atoms with Gasteiger partial charge >= 0.3 is 0 Å². The van der Waals surface area contributed by atoms with E-state index in [1.807, 2.05) is 54.6 Å². The third-order valence-electron chi connectivity index (χ3n) is 4.65. The Morgan fingerprint density at radius 3 is 2.56 bits per heavy atom. The highest BCUT2D eigenvalue weighted by Gasteiger charge is 2.43. The molecule has 1 saturated carbocycles. The number of hydrogen-bond acceptors (Lipinski definition) is 3. The van der Waals surface area contributed by atoms with Gasteiger partial charge in [0.2, 0.25) is 5.91 Å². The lowest BCUT2D eigenvalue weighted by Crippen LogP contribution is -2.27. The Labute approximate surface area is 146 Å². The molecular weight excluding hydrogens is 312 g/mol. The zero-order chi connectivity index (χ0) is 17.1. The first kappa shape index (κ1) is 15.6. The maximum absolute atomic E-state index is 12.3. The van der Waals surface area contributed by atoms with E-state index in [1.54, 1.807) is 0 Å². The second kappa shape index (κ2) is 6.93. The van der Waals surface area contributed by atoms with Crippen LogP contribution in [0.15, 0.2) is 71.3 Å². The summed E-state index contributed by atoms with van der Waals surface area (Å²) in [6, 6.07) is 22.1. The van der Waals surface area contributed by atoms with Crippen LogP contribution >= 0.6 is 0 Å². The number of nitrogens with one attached hydrogen (secondary N) is 1. The lowest BCUT2D eigenvalue weighted by molar-refractivity contribution is -0.122. The van der Waals surface area contributed by atoms with E-state index in [4.69, 9.17) is 4.52 Å². The first-order valence-electron chi connectivity index (χ1n) is 8.65. The average molecular weight is 332 g/mol. The summed E-state index contributed by atoms with van der Waals surface area (Å²) in [7, 11) is 0. The molecule has 4 nitrogen and oxygen atoms in total. The zero-order valence-corrected chi connectivity index (χ0v) is 13.9. The number of amides is 1. The predicted octanol–water partition coefficient (Wildman–Crippen LogP) is 3.80. The van der Waals surface area contributed by atoms with Crippen molar-refractivity contribution >= 4 is 5.91 Å². The van der Waals surface area contributed by atoms with Crippen LogP contribution in [0.3, 0.4) is 0 Å². The van der Waals surface area contributed by atoms with Crippen LogP contribution in [-0.2, 0) is 11.2 Å². The van der Waals surface area contributed by atoms with Gasteiger partial charge in [-0.1, -0.05) is 65.8 Å². The lowest BCUT2D eigenvalue weighted by atomic mass is 10.1. The van der Waals surface area contributed by atoms with Crippen LogP contribution in [-0.4, -0.2) is 17.6 Å². The van der Waals surface area contributed by atoms with E-state index in [-0.39, 0.29) is 11.8 Å². The van der Waals surface area contributed by atoms with Gasteiger partial charge in [0.25, 0.3) is 0 Å². The van der Waals surface area contributed by atoms with Gasteiger partial charge in [-0.3, -0.25) is 4.79 Å². The maximum Gasteiger partial charge on any atom is 0.223 e. The summed E-state index contributed by atoms with van der Waals surface area (Å²) in [6.07, 6.45) is 1.61. The highest BCUT2D eigenvalue weighted by Crippen LogP contribution is 2.47. The molecule has 0 radical (unpaired) electrons. The fourth-order valence-corrected chi connectivity index (χ4v) is 3.17. The number of benzene rings is 2. The van der Waals surface area contributed by atoms with Crippen molar-refractivity contribution in [3.05, 3.63) is 78.0 Å². The van der Waals surface area contributed by atoms with E-state index in [1.165, 1.54) is 5.56 Å². The number of hydrogen-bond donors (Lipinski definition) is 1. The molecule has 2 aromatic carbocycles. The molecule has 126 valence electrons. The molecule has 0 saturated heterocycles. The molecule has 1 heterocycles. The first-order valence-corrected chi connectivity index (χ1v) is 8.65.